The molecule has 0 bridgehead atoms. The van der Waals surface area contributed by atoms with Gasteiger partial charge in [-0.05, 0) is 57.6 Å². The summed E-state index contributed by atoms with van der Waals surface area (Å²) in [5, 5.41) is 3.12. The van der Waals surface area contributed by atoms with Gasteiger partial charge in [-0.2, -0.15) is 0 Å². The third-order valence-corrected chi connectivity index (χ3v) is 3.91. The molecule has 0 unspecified atom stereocenters. The molecule has 0 spiro atoms. The zero-order valence-corrected chi connectivity index (χ0v) is 13.4. The Hall–Kier alpha value is -1.33. The van der Waals surface area contributed by atoms with Crippen LogP contribution in [0.1, 0.15) is 17.0 Å². The van der Waals surface area contributed by atoms with Gasteiger partial charge in [-0.25, -0.2) is 14.4 Å². The fraction of sp³-hybridized carbons (Fsp3) is 0.333. The smallest absolute Gasteiger partial charge is 0.160 e. The van der Waals surface area contributed by atoms with Gasteiger partial charge < -0.3 is 5.32 Å². The van der Waals surface area contributed by atoms with Gasteiger partial charge in [0.2, 0.25) is 0 Å². The number of nitrogens with one attached hydrogen (secondary N) is 1. The average molecular weight is 338 g/mol. The molecule has 3 nitrogen and oxygen atoms in total. The van der Waals surface area contributed by atoms with Crippen molar-refractivity contribution >= 4 is 15.9 Å². The zero-order valence-electron chi connectivity index (χ0n) is 11.8. The summed E-state index contributed by atoms with van der Waals surface area (Å²) in [5.74, 6) is 0.265. The lowest BCUT2D eigenvalue weighted by atomic mass is 10.1. The zero-order chi connectivity index (χ0) is 14.7. The Labute approximate surface area is 126 Å². The van der Waals surface area contributed by atoms with Crippen LogP contribution in [0.25, 0.3) is 11.4 Å². The molecule has 0 amide bonds. The number of likely N-dealkylation sites (N-methyl/N-ethyl adjacent to an activating group) is 1. The largest absolute Gasteiger partial charge is 0.319 e. The van der Waals surface area contributed by atoms with Gasteiger partial charge in [-0.3, -0.25) is 0 Å². The van der Waals surface area contributed by atoms with Crippen molar-refractivity contribution in [2.45, 2.75) is 20.3 Å². The molecule has 20 heavy (non-hydrogen) atoms. The lowest BCUT2D eigenvalue weighted by Crippen LogP contribution is -2.13. The minimum atomic E-state index is -0.290. The minimum absolute atomic E-state index is 0.290. The molecule has 0 saturated heterocycles. The number of aryl methyl sites for hydroxylation is 2. The summed E-state index contributed by atoms with van der Waals surface area (Å²) in [5.41, 5.74) is 3.71. The van der Waals surface area contributed by atoms with Gasteiger partial charge in [-0.15, -0.1) is 0 Å². The maximum absolute atomic E-state index is 13.4. The Morgan fingerprint density at radius 1 is 1.20 bits per heavy atom. The quantitative estimate of drug-likeness (QED) is 0.928. The fourth-order valence-corrected chi connectivity index (χ4v) is 2.56. The van der Waals surface area contributed by atoms with Crippen molar-refractivity contribution in [3.05, 3.63) is 45.4 Å². The Kier molecular flexibility index (Phi) is 4.83. The number of nitrogens with zero attached hydrogens (tertiary/aromatic N) is 2. The van der Waals surface area contributed by atoms with Crippen LogP contribution < -0.4 is 5.32 Å². The van der Waals surface area contributed by atoms with Gasteiger partial charge in [0.15, 0.2) is 5.82 Å². The lowest BCUT2D eigenvalue weighted by Gasteiger charge is -2.11. The molecule has 5 heteroatoms. The summed E-state index contributed by atoms with van der Waals surface area (Å²) in [7, 11) is 1.92. The highest BCUT2D eigenvalue weighted by Gasteiger charge is 2.12. The van der Waals surface area contributed by atoms with Crippen molar-refractivity contribution < 1.29 is 4.39 Å². The predicted molar refractivity (Wildman–Crippen MR) is 82.2 cm³/mol. The first-order valence-electron chi connectivity index (χ1n) is 6.47. The minimum Gasteiger partial charge on any atom is -0.319 e. The Balaban J connectivity index is 2.46. The van der Waals surface area contributed by atoms with E-state index in [2.05, 4.69) is 31.2 Å². The highest BCUT2D eigenvalue weighted by molar-refractivity contribution is 9.10. The van der Waals surface area contributed by atoms with Gasteiger partial charge in [0.1, 0.15) is 5.82 Å². The van der Waals surface area contributed by atoms with Gasteiger partial charge in [0.25, 0.3) is 0 Å². The summed E-state index contributed by atoms with van der Waals surface area (Å²) < 4.78 is 14.2. The summed E-state index contributed by atoms with van der Waals surface area (Å²) in [6.45, 7) is 4.82. The third kappa shape index (κ3) is 3.22. The van der Waals surface area contributed by atoms with Gasteiger partial charge in [-0.1, -0.05) is 15.9 Å². The van der Waals surface area contributed by atoms with E-state index in [9.17, 15) is 4.39 Å². The van der Waals surface area contributed by atoms with Gasteiger partial charge >= 0.3 is 0 Å². The lowest BCUT2D eigenvalue weighted by molar-refractivity contribution is 0.628. The highest BCUT2D eigenvalue weighted by Crippen LogP contribution is 2.27. The molecule has 1 N–H and O–H groups in total. The molecule has 1 aromatic heterocycles. The molecule has 1 aromatic carbocycles. The summed E-state index contributed by atoms with van der Waals surface area (Å²) in [6.07, 6.45) is 0.888. The second kappa shape index (κ2) is 6.41. The number of halogens is 2. The molecule has 1 heterocycles. The predicted octanol–water partition coefficient (Wildman–Crippen LogP) is 3.42. The molecule has 0 atom stereocenters. The molecule has 106 valence electrons. The van der Waals surface area contributed by atoms with E-state index in [-0.39, 0.29) is 5.82 Å². The topological polar surface area (TPSA) is 37.8 Å². The van der Waals surface area contributed by atoms with E-state index in [1.165, 1.54) is 12.1 Å². The van der Waals surface area contributed by atoms with Crippen LogP contribution in [0, 0.1) is 19.7 Å². The molecule has 0 aliphatic heterocycles. The van der Waals surface area contributed by atoms with Crippen molar-refractivity contribution in [2.75, 3.05) is 13.6 Å². The van der Waals surface area contributed by atoms with Crippen molar-refractivity contribution in [3.8, 4) is 11.4 Å². The van der Waals surface area contributed by atoms with Crippen molar-refractivity contribution in [1.29, 1.82) is 0 Å². The van der Waals surface area contributed by atoms with Gasteiger partial charge in [0.05, 0.1) is 0 Å². The summed E-state index contributed by atoms with van der Waals surface area (Å²) in [6, 6.07) is 4.54. The highest BCUT2D eigenvalue weighted by atomic mass is 79.9. The van der Waals surface area contributed by atoms with Crippen LogP contribution >= 0.6 is 15.9 Å². The molecule has 0 fully saturated rings. The third-order valence-electron chi connectivity index (χ3n) is 3.21. The fourth-order valence-electron chi connectivity index (χ4n) is 2.14. The van der Waals surface area contributed by atoms with E-state index < -0.39 is 0 Å². The van der Waals surface area contributed by atoms with Gasteiger partial charge in [0, 0.05) is 21.4 Å². The van der Waals surface area contributed by atoms with E-state index in [0.29, 0.717) is 11.4 Å². The second-order valence-electron chi connectivity index (χ2n) is 4.67. The second-order valence-corrected chi connectivity index (χ2v) is 5.53. The number of hydrogen-bond acceptors (Lipinski definition) is 3. The first kappa shape index (κ1) is 15.1. The summed E-state index contributed by atoms with van der Waals surface area (Å²) in [4.78, 5) is 9.05. The van der Waals surface area contributed by atoms with Crippen molar-refractivity contribution in [1.82, 2.24) is 15.3 Å². The molecular formula is C15H17BrFN3. The number of hydrogen-bond donors (Lipinski definition) is 1. The first-order valence-corrected chi connectivity index (χ1v) is 7.26. The van der Waals surface area contributed by atoms with E-state index in [1.54, 1.807) is 6.07 Å². The average Bonchev–Trinajstić information content (AvgIpc) is 2.40. The normalized spacial score (nSPS) is 10.8. The molecule has 0 aliphatic carbocycles. The maximum atomic E-state index is 13.4. The maximum Gasteiger partial charge on any atom is 0.160 e. The van der Waals surface area contributed by atoms with Crippen molar-refractivity contribution in [2.24, 2.45) is 0 Å². The Morgan fingerprint density at radius 3 is 2.45 bits per heavy atom. The standard InChI is InChI=1S/C15H17BrFN3/c1-9-12(6-7-18-3)10(2)20-15(19-9)13-8-11(17)4-5-14(13)16/h4-5,8,18H,6-7H2,1-3H3. The van der Waals surface area contributed by atoms with E-state index >= 15 is 0 Å². The van der Waals surface area contributed by atoms with E-state index in [1.807, 2.05) is 20.9 Å². The van der Waals surface area contributed by atoms with Crippen LogP contribution in [0.3, 0.4) is 0 Å². The van der Waals surface area contributed by atoms with E-state index in [0.717, 1.165) is 34.4 Å². The molecular weight excluding hydrogens is 321 g/mol. The molecule has 0 aliphatic rings. The van der Waals surface area contributed by atoms with Crippen LogP contribution in [-0.2, 0) is 6.42 Å². The number of benzene rings is 1. The van der Waals surface area contributed by atoms with Crippen LogP contribution in [0.15, 0.2) is 22.7 Å². The molecule has 0 saturated carbocycles. The SMILES string of the molecule is CNCCc1c(C)nc(-c2cc(F)ccc2Br)nc1C. The van der Waals surface area contributed by atoms with Crippen LogP contribution in [0.4, 0.5) is 4.39 Å². The van der Waals surface area contributed by atoms with E-state index in [4.69, 9.17) is 0 Å². The molecule has 2 aromatic rings. The van der Waals surface area contributed by atoms with Crippen LogP contribution in [0.2, 0.25) is 0 Å². The number of rotatable bonds is 4. The number of aromatic nitrogens is 2. The Morgan fingerprint density at radius 2 is 1.85 bits per heavy atom. The molecule has 2 rings (SSSR count). The Bertz CT molecular complexity index is 606. The van der Waals surface area contributed by atoms with Crippen molar-refractivity contribution in [3.63, 3.8) is 0 Å². The monoisotopic (exact) mass is 337 g/mol. The van der Waals surface area contributed by atoms with Crippen LogP contribution in [-0.4, -0.2) is 23.6 Å². The van der Waals surface area contributed by atoms with Crippen LogP contribution in [0.5, 0.6) is 0 Å². The first-order chi connectivity index (χ1) is 9.52. The summed E-state index contributed by atoms with van der Waals surface area (Å²) >= 11 is 3.42. The molecule has 0 radical (unpaired) electrons.